The minimum Gasteiger partial charge on any atom is -0.465 e. The van der Waals surface area contributed by atoms with Crippen LogP contribution in [0.2, 0.25) is 0 Å². The highest BCUT2D eigenvalue weighted by molar-refractivity contribution is 5.90. The molecule has 1 amide bonds. The van der Waals surface area contributed by atoms with E-state index in [-0.39, 0.29) is 5.92 Å². The first kappa shape index (κ1) is 23.1. The highest BCUT2D eigenvalue weighted by atomic mass is 16.5. The van der Waals surface area contributed by atoms with E-state index in [1.165, 1.54) is 27.2 Å². The van der Waals surface area contributed by atoms with Gasteiger partial charge in [-0.15, -0.1) is 0 Å². The van der Waals surface area contributed by atoms with Crippen molar-refractivity contribution in [2.45, 2.75) is 44.4 Å². The van der Waals surface area contributed by atoms with E-state index in [2.05, 4.69) is 35.3 Å². The molecule has 1 aliphatic heterocycles. The first-order valence-corrected chi connectivity index (χ1v) is 12.4. The van der Waals surface area contributed by atoms with Gasteiger partial charge in [-0.3, -0.25) is 0 Å². The molecule has 4 aromatic rings. The molecule has 37 heavy (non-hydrogen) atoms. The molecule has 1 atom stereocenters. The molecule has 3 aromatic carbocycles. The quantitative estimate of drug-likeness (QED) is 0.318. The highest BCUT2D eigenvalue weighted by Gasteiger charge is 2.51. The molecule has 0 saturated carbocycles. The average molecular weight is 490 g/mol. The van der Waals surface area contributed by atoms with E-state index in [1.54, 1.807) is 6.07 Å². The Bertz CT molecular complexity index is 1550. The van der Waals surface area contributed by atoms with Crippen LogP contribution in [-0.4, -0.2) is 21.9 Å². The zero-order chi connectivity index (χ0) is 25.9. The Morgan fingerprint density at radius 2 is 1.65 bits per heavy atom. The van der Waals surface area contributed by atoms with Gasteiger partial charge in [-0.2, -0.15) is 5.26 Å². The summed E-state index contributed by atoms with van der Waals surface area (Å²) in [6, 6.07) is 28.1. The van der Waals surface area contributed by atoms with Crippen molar-refractivity contribution in [1.29, 1.82) is 5.26 Å². The molecule has 6 nitrogen and oxygen atoms in total. The molecule has 0 saturated heterocycles. The number of hydrogen-bond acceptors (Lipinski definition) is 3. The molecular formula is C31H27N3O3. The molecule has 0 radical (unpaired) electrons. The molecular weight excluding hydrogens is 462 g/mol. The van der Waals surface area contributed by atoms with Crippen LogP contribution in [-0.2, 0) is 10.3 Å². The third-order valence-corrected chi connectivity index (χ3v) is 7.69. The zero-order valence-electron chi connectivity index (χ0n) is 20.9. The summed E-state index contributed by atoms with van der Waals surface area (Å²) in [4.78, 5) is 17.3. The number of aromatic nitrogens is 1. The van der Waals surface area contributed by atoms with Crippen molar-refractivity contribution >= 4 is 11.8 Å². The summed E-state index contributed by atoms with van der Waals surface area (Å²) in [5.41, 5.74) is 6.43. The van der Waals surface area contributed by atoms with Gasteiger partial charge in [0.25, 0.3) is 0 Å². The molecule has 0 spiro atoms. The van der Waals surface area contributed by atoms with Gasteiger partial charge in [0.05, 0.1) is 11.3 Å². The second kappa shape index (κ2) is 8.09. The topological polar surface area (TPSA) is 89.3 Å². The van der Waals surface area contributed by atoms with Crippen molar-refractivity contribution in [3.05, 3.63) is 101 Å². The second-order valence-electron chi connectivity index (χ2n) is 10.5. The lowest BCUT2D eigenvalue weighted by molar-refractivity contribution is -0.148. The Hall–Kier alpha value is -4.34. The fourth-order valence-corrected chi connectivity index (χ4v) is 6.21. The van der Waals surface area contributed by atoms with Crippen molar-refractivity contribution in [2.75, 3.05) is 4.90 Å². The summed E-state index contributed by atoms with van der Waals surface area (Å²) in [7, 11) is 0. The van der Waals surface area contributed by atoms with Crippen LogP contribution in [0.3, 0.4) is 0 Å². The van der Waals surface area contributed by atoms with Crippen LogP contribution in [0.1, 0.15) is 55.5 Å². The maximum atomic E-state index is 12.8. The number of anilines is 1. The molecule has 6 rings (SSSR count). The number of fused-ring (bicyclic) bond motifs is 4. The van der Waals surface area contributed by atoms with Crippen LogP contribution in [0, 0.1) is 11.3 Å². The van der Waals surface area contributed by atoms with E-state index in [9.17, 15) is 15.2 Å². The normalized spacial score (nSPS) is 19.6. The van der Waals surface area contributed by atoms with Crippen molar-refractivity contribution in [3.8, 4) is 28.5 Å². The summed E-state index contributed by atoms with van der Waals surface area (Å²) in [6.45, 7) is 5.85. The standard InChI is InChI=1S/C31H27N3O3/c1-30(2)26-16-19(27-14-13-20(18-32)33-27)12-15-28(26)34(29(35)36)31(3,37-30)17-25-23-10-6-4-8-21(23)22-9-5-7-11-24(22)25/h4-16,25,33H,17H2,1-3H3,(H,35,36). The molecule has 2 N–H and O–H groups in total. The lowest BCUT2D eigenvalue weighted by atomic mass is 9.84. The fraction of sp³-hybridized carbons (Fsp3) is 0.226. The van der Waals surface area contributed by atoms with E-state index in [0.717, 1.165) is 16.8 Å². The van der Waals surface area contributed by atoms with Crippen molar-refractivity contribution in [3.63, 3.8) is 0 Å². The van der Waals surface area contributed by atoms with Gasteiger partial charge >= 0.3 is 6.09 Å². The second-order valence-corrected chi connectivity index (χ2v) is 10.5. The van der Waals surface area contributed by atoms with Gasteiger partial charge in [-0.1, -0.05) is 54.6 Å². The summed E-state index contributed by atoms with van der Waals surface area (Å²) >= 11 is 0. The number of aromatic amines is 1. The number of ether oxygens (including phenoxy) is 1. The Morgan fingerprint density at radius 1 is 1.00 bits per heavy atom. The maximum Gasteiger partial charge on any atom is 0.414 e. The van der Waals surface area contributed by atoms with Gasteiger partial charge in [0.2, 0.25) is 0 Å². The van der Waals surface area contributed by atoms with Crippen molar-refractivity contribution < 1.29 is 14.6 Å². The van der Waals surface area contributed by atoms with Crippen LogP contribution in [0.15, 0.2) is 78.9 Å². The average Bonchev–Trinajstić information content (AvgIpc) is 3.47. The Labute approximate surface area is 215 Å². The molecule has 0 bridgehead atoms. The first-order valence-electron chi connectivity index (χ1n) is 12.4. The number of carbonyl (C=O) groups is 1. The van der Waals surface area contributed by atoms with Crippen molar-refractivity contribution in [1.82, 2.24) is 4.98 Å². The van der Waals surface area contributed by atoms with Gasteiger partial charge in [0.1, 0.15) is 17.5 Å². The van der Waals surface area contributed by atoms with Gasteiger partial charge < -0.3 is 14.8 Å². The lowest BCUT2D eigenvalue weighted by Crippen LogP contribution is -2.59. The predicted molar refractivity (Wildman–Crippen MR) is 142 cm³/mol. The van der Waals surface area contributed by atoms with Gasteiger partial charge in [0.15, 0.2) is 0 Å². The van der Waals surface area contributed by atoms with E-state index in [0.29, 0.717) is 17.8 Å². The number of benzene rings is 3. The molecule has 1 aromatic heterocycles. The maximum absolute atomic E-state index is 12.8. The summed E-state index contributed by atoms with van der Waals surface area (Å²) < 4.78 is 6.75. The van der Waals surface area contributed by atoms with Crippen molar-refractivity contribution in [2.24, 2.45) is 0 Å². The number of nitrogens with one attached hydrogen (secondary N) is 1. The number of carboxylic acid groups (broad SMARTS) is 1. The molecule has 1 aliphatic carbocycles. The van der Waals surface area contributed by atoms with Crippen LogP contribution < -0.4 is 4.90 Å². The summed E-state index contributed by atoms with van der Waals surface area (Å²) in [5, 5.41) is 19.7. The van der Waals surface area contributed by atoms with Crippen LogP contribution in [0.5, 0.6) is 0 Å². The number of hydrogen-bond donors (Lipinski definition) is 2. The minimum atomic E-state index is -1.11. The monoisotopic (exact) mass is 489 g/mol. The SMILES string of the molecule is CC1(C)OC(C)(CC2c3ccccc3-c3ccccc32)N(C(=O)O)c2ccc(-c3ccc(C#N)[nH]3)cc21. The Morgan fingerprint density at radius 3 is 2.24 bits per heavy atom. The smallest absolute Gasteiger partial charge is 0.414 e. The van der Waals surface area contributed by atoms with E-state index in [4.69, 9.17) is 4.74 Å². The third-order valence-electron chi connectivity index (χ3n) is 7.69. The summed E-state index contributed by atoms with van der Waals surface area (Å²) in [5.74, 6) is -0.000746. The highest BCUT2D eigenvalue weighted by Crippen LogP contribution is 2.53. The molecule has 6 heteroatoms. The number of rotatable bonds is 3. The predicted octanol–water partition coefficient (Wildman–Crippen LogP) is 7.22. The van der Waals surface area contributed by atoms with E-state index < -0.39 is 17.4 Å². The third kappa shape index (κ3) is 3.54. The van der Waals surface area contributed by atoms with Crippen LogP contribution in [0.25, 0.3) is 22.4 Å². The first-order chi connectivity index (χ1) is 17.7. The minimum absolute atomic E-state index is 0.000746. The number of H-pyrrole nitrogens is 1. The Kier molecular flexibility index (Phi) is 5.05. The van der Waals surface area contributed by atoms with E-state index >= 15 is 0 Å². The molecule has 1 unspecified atom stereocenters. The lowest BCUT2D eigenvalue weighted by Gasteiger charge is -2.51. The zero-order valence-corrected chi connectivity index (χ0v) is 20.9. The molecule has 184 valence electrons. The summed E-state index contributed by atoms with van der Waals surface area (Å²) in [6.07, 6.45) is -0.585. The van der Waals surface area contributed by atoms with E-state index in [1.807, 2.05) is 69.3 Å². The fourth-order valence-electron chi connectivity index (χ4n) is 6.21. The molecule has 2 aliphatic rings. The molecule has 2 heterocycles. The van der Waals surface area contributed by atoms with Gasteiger partial charge in [0, 0.05) is 23.6 Å². The van der Waals surface area contributed by atoms with Gasteiger partial charge in [-0.25, -0.2) is 9.69 Å². The Balaban J connectivity index is 1.45. The number of amides is 1. The van der Waals surface area contributed by atoms with Crippen LogP contribution in [0.4, 0.5) is 10.5 Å². The molecule has 0 fully saturated rings. The number of nitriles is 1. The van der Waals surface area contributed by atoms with Crippen LogP contribution >= 0.6 is 0 Å². The van der Waals surface area contributed by atoms with Gasteiger partial charge in [-0.05, 0) is 72.9 Å². The largest absolute Gasteiger partial charge is 0.465 e. The number of nitrogens with zero attached hydrogens (tertiary/aromatic N) is 2.